The van der Waals surface area contributed by atoms with Gasteiger partial charge in [0.05, 0.1) is 18.2 Å². The van der Waals surface area contributed by atoms with E-state index in [1.54, 1.807) is 0 Å². The van der Waals surface area contributed by atoms with E-state index in [0.29, 0.717) is 6.42 Å². The van der Waals surface area contributed by atoms with Gasteiger partial charge in [0.15, 0.2) is 0 Å². The lowest BCUT2D eigenvalue weighted by Crippen LogP contribution is -2.16. The van der Waals surface area contributed by atoms with Crippen molar-refractivity contribution >= 4 is 5.69 Å². The number of aryl methyl sites for hydroxylation is 1. The lowest BCUT2D eigenvalue weighted by Gasteiger charge is -2.18. The Labute approximate surface area is 126 Å². The molecule has 1 heterocycles. The fraction of sp³-hybridized carbons (Fsp3) is 0.412. The van der Waals surface area contributed by atoms with Gasteiger partial charge in [-0.25, -0.2) is 0 Å². The SMILES string of the molecule is Cn1cc(CNc2ccc(CC#N)cc2)c(C(C)(C)C)n1. The maximum absolute atomic E-state index is 8.68. The van der Waals surface area contributed by atoms with Crippen molar-refractivity contribution in [2.75, 3.05) is 5.32 Å². The molecule has 4 heteroatoms. The van der Waals surface area contributed by atoms with Crippen LogP contribution in [0.1, 0.15) is 37.6 Å². The van der Waals surface area contributed by atoms with E-state index in [4.69, 9.17) is 5.26 Å². The molecule has 2 rings (SSSR count). The summed E-state index contributed by atoms with van der Waals surface area (Å²) in [7, 11) is 1.95. The molecule has 4 nitrogen and oxygen atoms in total. The van der Waals surface area contributed by atoms with Crippen molar-refractivity contribution in [1.82, 2.24) is 9.78 Å². The maximum Gasteiger partial charge on any atom is 0.0727 e. The molecule has 0 aliphatic rings. The predicted octanol–water partition coefficient (Wildman–Crippen LogP) is 3.40. The Morgan fingerprint density at radius 2 is 1.90 bits per heavy atom. The summed E-state index contributed by atoms with van der Waals surface area (Å²) in [4.78, 5) is 0. The van der Waals surface area contributed by atoms with Crippen molar-refractivity contribution in [3.63, 3.8) is 0 Å². The highest BCUT2D eigenvalue weighted by atomic mass is 15.3. The van der Waals surface area contributed by atoms with Crippen LogP contribution >= 0.6 is 0 Å². The number of aromatic nitrogens is 2. The van der Waals surface area contributed by atoms with Crippen LogP contribution in [0.2, 0.25) is 0 Å². The average molecular weight is 282 g/mol. The average Bonchev–Trinajstić information content (AvgIpc) is 2.80. The molecule has 2 aromatic rings. The van der Waals surface area contributed by atoms with Crippen LogP contribution in [0.4, 0.5) is 5.69 Å². The summed E-state index contributed by atoms with van der Waals surface area (Å²) in [5.41, 5.74) is 4.47. The van der Waals surface area contributed by atoms with Crippen LogP contribution in [0.15, 0.2) is 30.5 Å². The van der Waals surface area contributed by atoms with Gasteiger partial charge in [0.2, 0.25) is 0 Å². The molecule has 0 fully saturated rings. The smallest absolute Gasteiger partial charge is 0.0727 e. The molecule has 1 N–H and O–H groups in total. The van der Waals surface area contributed by atoms with Crippen molar-refractivity contribution in [2.45, 2.75) is 39.2 Å². The Hall–Kier alpha value is -2.28. The highest BCUT2D eigenvalue weighted by Crippen LogP contribution is 2.24. The fourth-order valence-corrected chi connectivity index (χ4v) is 2.33. The van der Waals surface area contributed by atoms with Gasteiger partial charge in [0.1, 0.15) is 0 Å². The zero-order valence-corrected chi connectivity index (χ0v) is 13.1. The van der Waals surface area contributed by atoms with E-state index >= 15 is 0 Å². The van der Waals surface area contributed by atoms with Crippen molar-refractivity contribution in [3.8, 4) is 6.07 Å². The zero-order chi connectivity index (χ0) is 15.5. The Kier molecular flexibility index (Phi) is 4.32. The van der Waals surface area contributed by atoms with E-state index in [1.807, 2.05) is 36.0 Å². The summed E-state index contributed by atoms with van der Waals surface area (Å²) in [6.07, 6.45) is 2.52. The number of benzene rings is 1. The third kappa shape index (κ3) is 3.85. The van der Waals surface area contributed by atoms with Gasteiger partial charge in [-0.15, -0.1) is 0 Å². The topological polar surface area (TPSA) is 53.6 Å². The Bertz CT molecular complexity index is 639. The summed E-state index contributed by atoms with van der Waals surface area (Å²) in [6.45, 7) is 7.28. The molecule has 1 aromatic carbocycles. The number of rotatable bonds is 4. The van der Waals surface area contributed by atoms with Gasteiger partial charge >= 0.3 is 0 Å². The fourth-order valence-electron chi connectivity index (χ4n) is 2.33. The van der Waals surface area contributed by atoms with Crippen molar-refractivity contribution in [2.24, 2.45) is 7.05 Å². The molecule has 0 spiro atoms. The zero-order valence-electron chi connectivity index (χ0n) is 13.1. The summed E-state index contributed by atoms with van der Waals surface area (Å²) in [5.74, 6) is 0. The molecule has 0 atom stereocenters. The highest BCUT2D eigenvalue weighted by Gasteiger charge is 2.21. The first-order chi connectivity index (χ1) is 9.90. The number of nitriles is 1. The Morgan fingerprint density at radius 3 is 2.48 bits per heavy atom. The summed E-state index contributed by atoms with van der Waals surface area (Å²) < 4.78 is 1.87. The minimum atomic E-state index is 0.0366. The molecule has 0 aliphatic heterocycles. The summed E-state index contributed by atoms with van der Waals surface area (Å²) >= 11 is 0. The van der Waals surface area contributed by atoms with E-state index in [0.717, 1.165) is 23.5 Å². The second-order valence-electron chi connectivity index (χ2n) is 6.31. The van der Waals surface area contributed by atoms with Gasteiger partial charge in [-0.1, -0.05) is 32.9 Å². The lowest BCUT2D eigenvalue weighted by molar-refractivity contribution is 0.549. The molecule has 0 aliphatic carbocycles. The molecule has 0 unspecified atom stereocenters. The molecule has 0 radical (unpaired) electrons. The van der Waals surface area contributed by atoms with Crippen LogP contribution in [0.25, 0.3) is 0 Å². The monoisotopic (exact) mass is 282 g/mol. The molecule has 0 amide bonds. The number of nitrogens with one attached hydrogen (secondary N) is 1. The van der Waals surface area contributed by atoms with Crippen molar-refractivity contribution in [3.05, 3.63) is 47.3 Å². The van der Waals surface area contributed by atoms with Crippen molar-refractivity contribution in [1.29, 1.82) is 5.26 Å². The molecule has 0 bridgehead atoms. The normalized spacial score (nSPS) is 11.2. The van der Waals surface area contributed by atoms with Gasteiger partial charge in [0, 0.05) is 36.5 Å². The van der Waals surface area contributed by atoms with E-state index in [1.165, 1.54) is 5.56 Å². The molecular weight excluding hydrogens is 260 g/mol. The Morgan fingerprint density at radius 1 is 1.24 bits per heavy atom. The predicted molar refractivity (Wildman–Crippen MR) is 85.0 cm³/mol. The lowest BCUT2D eigenvalue weighted by atomic mass is 9.89. The second-order valence-corrected chi connectivity index (χ2v) is 6.31. The van der Waals surface area contributed by atoms with Gasteiger partial charge in [-0.2, -0.15) is 10.4 Å². The molecule has 0 saturated carbocycles. The van der Waals surface area contributed by atoms with E-state index in [-0.39, 0.29) is 5.41 Å². The maximum atomic E-state index is 8.68. The Balaban J connectivity index is 2.08. The molecule has 110 valence electrons. The highest BCUT2D eigenvalue weighted by molar-refractivity contribution is 5.46. The van der Waals surface area contributed by atoms with E-state index in [2.05, 4.69) is 43.5 Å². The molecular formula is C17H22N4. The van der Waals surface area contributed by atoms with E-state index < -0.39 is 0 Å². The van der Waals surface area contributed by atoms with Crippen LogP contribution in [0, 0.1) is 11.3 Å². The first kappa shape index (κ1) is 15.1. The number of nitrogens with zero attached hydrogens (tertiary/aromatic N) is 3. The first-order valence-corrected chi connectivity index (χ1v) is 7.13. The quantitative estimate of drug-likeness (QED) is 0.935. The molecule has 21 heavy (non-hydrogen) atoms. The number of hydrogen-bond donors (Lipinski definition) is 1. The van der Waals surface area contributed by atoms with Gasteiger partial charge in [-0.05, 0) is 17.7 Å². The minimum absolute atomic E-state index is 0.0366. The molecule has 0 saturated heterocycles. The first-order valence-electron chi connectivity index (χ1n) is 7.13. The van der Waals surface area contributed by atoms with Crippen LogP contribution in [-0.2, 0) is 25.4 Å². The summed E-state index contributed by atoms with van der Waals surface area (Å²) in [6, 6.07) is 10.2. The van der Waals surface area contributed by atoms with Crippen LogP contribution in [0.3, 0.4) is 0 Å². The second kappa shape index (κ2) is 6.01. The van der Waals surface area contributed by atoms with E-state index in [9.17, 15) is 0 Å². The van der Waals surface area contributed by atoms with Crippen LogP contribution in [0.5, 0.6) is 0 Å². The van der Waals surface area contributed by atoms with Crippen LogP contribution < -0.4 is 5.32 Å². The van der Waals surface area contributed by atoms with Crippen molar-refractivity contribution < 1.29 is 0 Å². The van der Waals surface area contributed by atoms with Gasteiger partial charge in [0.25, 0.3) is 0 Å². The summed E-state index contributed by atoms with van der Waals surface area (Å²) in [5, 5.41) is 16.7. The third-order valence-corrected chi connectivity index (χ3v) is 3.34. The molecule has 1 aromatic heterocycles. The van der Waals surface area contributed by atoms with Gasteiger partial charge in [-0.3, -0.25) is 4.68 Å². The van der Waals surface area contributed by atoms with Gasteiger partial charge < -0.3 is 5.32 Å². The van der Waals surface area contributed by atoms with Crippen LogP contribution in [-0.4, -0.2) is 9.78 Å². The minimum Gasteiger partial charge on any atom is -0.381 e. The number of hydrogen-bond acceptors (Lipinski definition) is 3. The third-order valence-electron chi connectivity index (χ3n) is 3.34. The standard InChI is InChI=1S/C17H22N4/c1-17(2,3)16-14(12-21(4)20-16)11-19-15-7-5-13(6-8-15)9-10-18/h5-8,12,19H,9,11H2,1-4H3. The number of anilines is 1. The largest absolute Gasteiger partial charge is 0.381 e.